The van der Waals surface area contributed by atoms with Crippen molar-refractivity contribution >= 4 is 23.4 Å². The van der Waals surface area contributed by atoms with Crippen molar-refractivity contribution in [1.82, 2.24) is 47.0 Å². The third kappa shape index (κ3) is 8.99. The molecule has 0 bridgehead atoms. The Morgan fingerprint density at radius 1 is 0.906 bits per heavy atom. The lowest BCUT2D eigenvalue weighted by molar-refractivity contribution is -0.126. The molecule has 15 atom stereocenters. The fourth-order valence-electron chi connectivity index (χ4n) is 14.3. The molecule has 358 valence electrons. The van der Waals surface area contributed by atoms with Gasteiger partial charge in [-0.2, -0.15) is 5.26 Å². The first-order valence-electron chi connectivity index (χ1n) is 25.7. The summed E-state index contributed by atoms with van der Waals surface area (Å²) in [5.41, 5.74) is 16.4. The highest BCUT2D eigenvalue weighted by molar-refractivity contribution is 8.00. The van der Waals surface area contributed by atoms with E-state index in [1.54, 1.807) is 7.11 Å². The fourth-order valence-corrected chi connectivity index (χ4v) is 16.2. The molecule has 0 spiro atoms. The minimum atomic E-state index is -0.210. The first-order valence-corrected chi connectivity index (χ1v) is 26.6. The van der Waals surface area contributed by atoms with E-state index >= 15 is 0 Å². The molecule has 6 saturated heterocycles. The average molecular weight is 908 g/mol. The molecule has 16 heteroatoms. The molecule has 9 fully saturated rings. The minimum Gasteiger partial charge on any atom is -0.380 e. The number of carbonyl (C=O) groups excluding carboxylic acids is 1. The van der Waals surface area contributed by atoms with Gasteiger partial charge < -0.3 is 19.5 Å². The number of carbonyl (C=O) groups is 1. The molecule has 64 heavy (non-hydrogen) atoms. The number of ether oxygens (including phenoxy) is 3. The summed E-state index contributed by atoms with van der Waals surface area (Å²) < 4.78 is 18.2. The molecule has 0 aromatic carbocycles. The van der Waals surface area contributed by atoms with E-state index in [0.29, 0.717) is 34.4 Å². The quantitative estimate of drug-likeness (QED) is 0.187. The van der Waals surface area contributed by atoms with E-state index in [9.17, 15) is 10.1 Å². The number of nitrogens with one attached hydrogen (secondary N) is 6. The highest BCUT2D eigenvalue weighted by Crippen LogP contribution is 2.55. The first-order chi connectivity index (χ1) is 30.9. The zero-order valence-corrected chi connectivity index (χ0v) is 40.6. The molecular formula is C48H81N11O4S. The fraction of sp³-hybridized carbons (Fsp3) is 0.938. The van der Waals surface area contributed by atoms with Gasteiger partial charge in [0, 0.05) is 92.5 Å². The summed E-state index contributed by atoms with van der Waals surface area (Å²) in [6, 6.07) is 3.20. The summed E-state index contributed by atoms with van der Waals surface area (Å²) in [5.74, 6) is 1.74. The number of aliphatic imine (C=N–C) groups is 1. The molecule has 1 amide bonds. The van der Waals surface area contributed by atoms with Gasteiger partial charge in [-0.3, -0.25) is 29.8 Å². The van der Waals surface area contributed by atoms with Crippen molar-refractivity contribution in [3.8, 4) is 6.07 Å². The maximum absolute atomic E-state index is 13.5. The van der Waals surface area contributed by atoms with Gasteiger partial charge in [0.25, 0.3) is 0 Å². The van der Waals surface area contributed by atoms with Gasteiger partial charge in [0.2, 0.25) is 5.91 Å². The van der Waals surface area contributed by atoms with Crippen LogP contribution in [0.2, 0.25) is 0 Å². The third-order valence-electron chi connectivity index (χ3n) is 18.6. The van der Waals surface area contributed by atoms with E-state index in [4.69, 9.17) is 19.2 Å². The standard InChI is InChI=1S/C48H81N11O4S/c1-28-29(2)64-46-42(28)43(52-38(22-41-50-19-20-62-41)44-56-53-30(3)59(44)46)31-7-12-34(13-8-31)57-24-47(4)26-58(27-48(47,5)25-57)40-18-17-37(54-55-40)45(60)51-33-10-15-35(16-11-33)63-36-14-9-32(23-49)39(21-36)61-6/h28-42,44,46,50,53-56H,7-22,24-27H2,1-6H3,(H,51,60)/t28?,29?,30?,31?,32?,33?,34?,35?,36?,37?,38-,39?,40?,41?,42?,44?,46?,47-,48+/m0/s1. The molecule has 15 nitrogen and oxygen atoms in total. The highest BCUT2D eigenvalue weighted by atomic mass is 32.2. The second-order valence-corrected chi connectivity index (χ2v) is 24.1. The van der Waals surface area contributed by atoms with E-state index in [2.05, 4.69) is 99.5 Å². The van der Waals surface area contributed by atoms with Gasteiger partial charge in [0.1, 0.15) is 12.3 Å². The summed E-state index contributed by atoms with van der Waals surface area (Å²) in [6.07, 6.45) is 15.2. The van der Waals surface area contributed by atoms with Crippen LogP contribution in [0.15, 0.2) is 4.99 Å². The van der Waals surface area contributed by atoms with Crippen LogP contribution in [0.5, 0.6) is 0 Å². The van der Waals surface area contributed by atoms with Crippen molar-refractivity contribution in [3.63, 3.8) is 0 Å². The van der Waals surface area contributed by atoms with Crippen molar-refractivity contribution in [2.45, 2.75) is 202 Å². The highest BCUT2D eigenvalue weighted by Gasteiger charge is 2.60. The van der Waals surface area contributed by atoms with Crippen LogP contribution in [0.25, 0.3) is 0 Å². The number of fused-ring (bicyclic) bond motifs is 4. The molecule has 7 heterocycles. The molecule has 3 saturated carbocycles. The van der Waals surface area contributed by atoms with Crippen LogP contribution in [0.3, 0.4) is 0 Å². The van der Waals surface area contributed by atoms with Crippen LogP contribution < -0.4 is 32.3 Å². The van der Waals surface area contributed by atoms with E-state index in [1.807, 2.05) is 0 Å². The number of amides is 1. The zero-order valence-electron chi connectivity index (χ0n) is 39.7. The normalized spacial score (nSPS) is 49.1. The van der Waals surface area contributed by atoms with Crippen LogP contribution >= 0.6 is 11.8 Å². The Morgan fingerprint density at radius 3 is 2.31 bits per heavy atom. The van der Waals surface area contributed by atoms with Gasteiger partial charge in [0.05, 0.1) is 66.8 Å². The van der Waals surface area contributed by atoms with E-state index in [1.165, 1.54) is 44.5 Å². The number of hydrogen-bond donors (Lipinski definition) is 6. The van der Waals surface area contributed by atoms with Crippen LogP contribution in [0.1, 0.15) is 125 Å². The summed E-state index contributed by atoms with van der Waals surface area (Å²) in [4.78, 5) is 27.6. The largest absolute Gasteiger partial charge is 0.380 e. The Hall–Kier alpha value is -1.46. The summed E-state index contributed by atoms with van der Waals surface area (Å²) in [6.45, 7) is 18.6. The van der Waals surface area contributed by atoms with Gasteiger partial charge in [-0.25, -0.2) is 21.7 Å². The smallest absolute Gasteiger partial charge is 0.238 e. The molecule has 0 aromatic heterocycles. The number of nitrogens with zero attached hydrogens (tertiary/aromatic N) is 5. The lowest BCUT2D eigenvalue weighted by Gasteiger charge is -2.40. The molecule has 7 aliphatic heterocycles. The molecule has 0 radical (unpaired) electrons. The summed E-state index contributed by atoms with van der Waals surface area (Å²) >= 11 is 2.18. The van der Waals surface area contributed by atoms with Gasteiger partial charge in [-0.05, 0) is 95.8 Å². The van der Waals surface area contributed by atoms with Crippen molar-refractivity contribution in [2.75, 3.05) is 46.4 Å². The predicted octanol–water partition coefficient (Wildman–Crippen LogP) is 3.88. The van der Waals surface area contributed by atoms with E-state index in [-0.39, 0.29) is 83.8 Å². The van der Waals surface area contributed by atoms with Crippen molar-refractivity contribution in [2.24, 2.45) is 39.5 Å². The Kier molecular flexibility index (Phi) is 13.8. The van der Waals surface area contributed by atoms with Gasteiger partial charge in [-0.15, -0.1) is 11.8 Å². The summed E-state index contributed by atoms with van der Waals surface area (Å²) in [5, 5.41) is 17.5. The molecule has 6 N–H and O–H groups in total. The average Bonchev–Trinajstić information content (AvgIpc) is 4.10. The van der Waals surface area contributed by atoms with Crippen molar-refractivity contribution in [3.05, 3.63) is 0 Å². The molecule has 10 aliphatic rings. The molecule has 0 aromatic rings. The molecular weight excluding hydrogens is 827 g/mol. The van der Waals surface area contributed by atoms with Crippen molar-refractivity contribution in [1.29, 1.82) is 5.26 Å². The van der Waals surface area contributed by atoms with Gasteiger partial charge in [-0.1, -0.05) is 27.7 Å². The number of methoxy groups -OCH3 is 1. The maximum atomic E-state index is 13.5. The number of thioether (sulfide) groups is 1. The van der Waals surface area contributed by atoms with Gasteiger partial charge >= 0.3 is 0 Å². The molecule has 3 aliphatic carbocycles. The van der Waals surface area contributed by atoms with Crippen LogP contribution in [0.4, 0.5) is 0 Å². The summed E-state index contributed by atoms with van der Waals surface area (Å²) in [7, 11) is 1.70. The van der Waals surface area contributed by atoms with Crippen LogP contribution in [-0.2, 0) is 19.0 Å². The maximum Gasteiger partial charge on any atom is 0.238 e. The first kappa shape index (κ1) is 46.3. The lowest BCUT2D eigenvalue weighted by Crippen LogP contribution is -2.62. The number of hydrazine groups is 2. The SMILES string of the molecule is COC1CC(OC2CCC(NC(=O)C3CCC(N4C[C@]5(C)CN(C6CCC(C7=N[C@@H](CC8NCCO8)C8NNC(C)N8C8SC(C)C(C)C78)CC6)C[C@]5(C)C4)NN3)CC2)CCC1C#N. The number of nitriles is 1. The molecule has 12 unspecified atom stereocenters. The second-order valence-electron chi connectivity index (χ2n) is 22.6. The Bertz CT molecular complexity index is 1690. The number of likely N-dealkylation sites (tertiary alicyclic amines) is 2. The van der Waals surface area contributed by atoms with Crippen LogP contribution in [0, 0.1) is 45.8 Å². The predicted molar refractivity (Wildman–Crippen MR) is 249 cm³/mol. The topological polar surface area (TPSA) is 163 Å². The van der Waals surface area contributed by atoms with Crippen molar-refractivity contribution < 1.29 is 19.0 Å². The van der Waals surface area contributed by atoms with E-state index in [0.717, 1.165) is 90.4 Å². The van der Waals surface area contributed by atoms with Crippen LogP contribution in [-0.4, -0.2) is 151 Å². The third-order valence-corrected chi connectivity index (χ3v) is 20.2. The van der Waals surface area contributed by atoms with Gasteiger partial charge in [0.15, 0.2) is 0 Å². The Morgan fingerprint density at radius 2 is 1.64 bits per heavy atom. The minimum absolute atomic E-state index is 0.0298. The van der Waals surface area contributed by atoms with E-state index < -0.39 is 0 Å². The second kappa shape index (κ2) is 19.1. The number of rotatable bonds is 10. The number of hydrogen-bond acceptors (Lipinski definition) is 15. The molecule has 10 rings (SSSR count). The monoisotopic (exact) mass is 908 g/mol. The Balaban J connectivity index is 0.689. The Labute approximate surface area is 387 Å². The zero-order chi connectivity index (χ0) is 44.3. The lowest BCUT2D eigenvalue weighted by atomic mass is 9.71.